The Morgan fingerprint density at radius 1 is 0.886 bits per heavy atom. The molecule has 0 unspecified atom stereocenters. The summed E-state index contributed by atoms with van der Waals surface area (Å²) in [6.45, 7) is 8.48. The number of benzene rings is 2. The van der Waals surface area contributed by atoms with Gasteiger partial charge in [0.15, 0.2) is 11.5 Å². The minimum Gasteiger partial charge on any atom is -0.490 e. The maximum Gasteiger partial charge on any atom is 0.273 e. The lowest BCUT2D eigenvalue weighted by molar-refractivity contribution is 0.0845. The van der Waals surface area contributed by atoms with E-state index in [2.05, 4.69) is 16.0 Å². The molecule has 0 aliphatic heterocycles. The molecule has 2 N–H and O–H groups in total. The fourth-order valence-electron chi connectivity index (χ4n) is 3.48. The number of hydrogen-bond acceptors (Lipinski definition) is 6. The summed E-state index contributed by atoms with van der Waals surface area (Å²) in [5.41, 5.74) is 6.58. The Balaban J connectivity index is 1.79. The van der Waals surface area contributed by atoms with Gasteiger partial charge in [-0.3, -0.25) is 20.4 Å². The fraction of sp³-hybridized carbons (Fsp3) is 0.320. The second-order valence-electron chi connectivity index (χ2n) is 7.26. The van der Waals surface area contributed by atoms with Gasteiger partial charge >= 0.3 is 0 Å². The molecular weight excluding hydrogens is 455 g/mol. The zero-order valence-electron chi connectivity index (χ0n) is 20.2. The molecule has 10 heteroatoms. The van der Waals surface area contributed by atoms with Crippen LogP contribution in [0.3, 0.4) is 0 Å². The van der Waals surface area contributed by atoms with Crippen LogP contribution in [0.25, 0.3) is 5.69 Å². The smallest absolute Gasteiger partial charge is 0.273 e. The minimum atomic E-state index is -0.563. The molecule has 0 saturated heterocycles. The average molecular weight is 485 g/mol. The third-order valence-corrected chi connectivity index (χ3v) is 4.98. The lowest BCUT2D eigenvalue weighted by atomic mass is 10.1. The Labute approximate surface area is 203 Å². The predicted octanol–water partition coefficient (Wildman–Crippen LogP) is 3.84. The fourth-order valence-corrected chi connectivity index (χ4v) is 3.48. The van der Waals surface area contributed by atoms with Crippen molar-refractivity contribution in [2.24, 2.45) is 0 Å². The zero-order chi connectivity index (χ0) is 25.4. The molecule has 0 saturated carbocycles. The quantitative estimate of drug-likeness (QED) is 0.424. The third-order valence-electron chi connectivity index (χ3n) is 4.98. The van der Waals surface area contributed by atoms with Crippen LogP contribution in [0.2, 0.25) is 0 Å². The Bertz CT molecular complexity index is 1150. The molecule has 0 bridgehead atoms. The first kappa shape index (κ1) is 25.5. The van der Waals surface area contributed by atoms with Gasteiger partial charge < -0.3 is 14.2 Å². The van der Waals surface area contributed by atoms with Crippen LogP contribution in [-0.4, -0.2) is 41.4 Å². The Morgan fingerprint density at radius 2 is 1.46 bits per heavy atom. The summed E-state index contributed by atoms with van der Waals surface area (Å²) in [6, 6.07) is 8.84. The minimum absolute atomic E-state index is 0.221. The molecule has 2 aromatic carbocycles. The molecule has 0 aliphatic carbocycles. The van der Waals surface area contributed by atoms with Crippen LogP contribution in [0.1, 0.15) is 54.1 Å². The molecule has 0 spiro atoms. The molecule has 1 aromatic heterocycles. The Morgan fingerprint density at radius 3 is 2.00 bits per heavy atom. The molecule has 35 heavy (non-hydrogen) atoms. The SMILES string of the molecule is CCOc1cc(C(=O)NNC(=O)c2cnn(-c3ccc(F)cc3)c2CC)cc(OCC)c1OCC. The first-order valence-electron chi connectivity index (χ1n) is 11.4. The number of ether oxygens (including phenoxy) is 3. The lowest BCUT2D eigenvalue weighted by Crippen LogP contribution is -2.41. The van der Waals surface area contributed by atoms with Crippen LogP contribution >= 0.6 is 0 Å². The highest BCUT2D eigenvalue weighted by Crippen LogP contribution is 2.39. The number of nitrogens with zero attached hydrogens (tertiary/aromatic N) is 2. The highest BCUT2D eigenvalue weighted by atomic mass is 19.1. The number of nitrogens with one attached hydrogen (secondary N) is 2. The number of amides is 2. The van der Waals surface area contributed by atoms with Gasteiger partial charge in [0.25, 0.3) is 11.8 Å². The van der Waals surface area contributed by atoms with Gasteiger partial charge in [-0.15, -0.1) is 0 Å². The van der Waals surface area contributed by atoms with E-state index >= 15 is 0 Å². The summed E-state index contributed by atoms with van der Waals surface area (Å²) in [5, 5.41) is 4.26. The molecule has 0 radical (unpaired) electrons. The maximum atomic E-state index is 13.3. The van der Waals surface area contributed by atoms with Crippen molar-refractivity contribution >= 4 is 11.8 Å². The highest BCUT2D eigenvalue weighted by Gasteiger charge is 2.21. The van der Waals surface area contributed by atoms with Crippen molar-refractivity contribution < 1.29 is 28.2 Å². The second kappa shape index (κ2) is 11.9. The number of aromatic nitrogens is 2. The van der Waals surface area contributed by atoms with Gasteiger partial charge in [0.05, 0.1) is 43.0 Å². The van der Waals surface area contributed by atoms with E-state index in [0.29, 0.717) is 54.9 Å². The number of hydrogen-bond donors (Lipinski definition) is 2. The molecule has 3 aromatic rings. The molecule has 2 amide bonds. The first-order chi connectivity index (χ1) is 16.9. The number of halogens is 1. The van der Waals surface area contributed by atoms with Gasteiger partial charge in [-0.25, -0.2) is 9.07 Å². The summed E-state index contributed by atoms with van der Waals surface area (Å²) in [6.07, 6.45) is 1.89. The van der Waals surface area contributed by atoms with E-state index < -0.39 is 11.8 Å². The average Bonchev–Trinajstić information content (AvgIpc) is 3.29. The predicted molar refractivity (Wildman–Crippen MR) is 128 cm³/mol. The molecular formula is C25H29FN4O5. The van der Waals surface area contributed by atoms with Crippen LogP contribution in [0.4, 0.5) is 4.39 Å². The van der Waals surface area contributed by atoms with E-state index in [1.165, 1.54) is 30.5 Å². The zero-order valence-corrected chi connectivity index (χ0v) is 20.2. The molecule has 0 fully saturated rings. The van der Waals surface area contributed by atoms with Crippen LogP contribution in [0, 0.1) is 5.82 Å². The van der Waals surface area contributed by atoms with Gasteiger partial charge in [-0.05, 0) is 63.6 Å². The van der Waals surface area contributed by atoms with Crippen molar-refractivity contribution in [1.82, 2.24) is 20.6 Å². The van der Waals surface area contributed by atoms with Crippen LogP contribution in [0.15, 0.2) is 42.6 Å². The summed E-state index contributed by atoms with van der Waals surface area (Å²) in [4.78, 5) is 25.7. The summed E-state index contributed by atoms with van der Waals surface area (Å²) in [7, 11) is 0. The molecule has 0 atom stereocenters. The lowest BCUT2D eigenvalue weighted by Gasteiger charge is -2.17. The summed E-state index contributed by atoms with van der Waals surface area (Å²) >= 11 is 0. The third kappa shape index (κ3) is 5.89. The van der Waals surface area contributed by atoms with Gasteiger partial charge in [-0.2, -0.15) is 5.10 Å². The Hall–Kier alpha value is -4.08. The molecule has 9 nitrogen and oxygen atoms in total. The number of hydrazine groups is 1. The summed E-state index contributed by atoms with van der Waals surface area (Å²) in [5.74, 6) is -0.320. The van der Waals surface area contributed by atoms with Crippen molar-refractivity contribution in [3.63, 3.8) is 0 Å². The number of carbonyl (C=O) groups is 2. The van der Waals surface area contributed by atoms with E-state index in [0.717, 1.165) is 0 Å². The monoisotopic (exact) mass is 484 g/mol. The molecule has 1 heterocycles. The first-order valence-corrected chi connectivity index (χ1v) is 11.4. The van der Waals surface area contributed by atoms with E-state index in [9.17, 15) is 14.0 Å². The maximum absolute atomic E-state index is 13.3. The van der Waals surface area contributed by atoms with Gasteiger partial charge in [0.2, 0.25) is 5.75 Å². The van der Waals surface area contributed by atoms with E-state index in [1.807, 2.05) is 27.7 Å². The van der Waals surface area contributed by atoms with Gasteiger partial charge in [0, 0.05) is 5.56 Å². The standard InChI is InChI=1S/C25H29FN4O5/c1-5-20-19(15-27-30(20)18-11-9-17(26)10-12-18)25(32)29-28-24(31)16-13-21(33-6-2)23(35-8-4)22(14-16)34-7-3/h9-15H,5-8H2,1-4H3,(H,28,31)(H,29,32). The second-order valence-corrected chi connectivity index (χ2v) is 7.26. The molecule has 3 rings (SSSR count). The van der Waals surface area contributed by atoms with E-state index in [-0.39, 0.29) is 16.9 Å². The topological polar surface area (TPSA) is 104 Å². The van der Waals surface area contributed by atoms with Crippen molar-refractivity contribution in [2.45, 2.75) is 34.1 Å². The van der Waals surface area contributed by atoms with Crippen LogP contribution < -0.4 is 25.1 Å². The van der Waals surface area contributed by atoms with Crippen molar-refractivity contribution in [1.29, 1.82) is 0 Å². The van der Waals surface area contributed by atoms with Crippen LogP contribution in [-0.2, 0) is 6.42 Å². The Kier molecular flexibility index (Phi) is 8.66. The number of rotatable bonds is 10. The summed E-state index contributed by atoms with van der Waals surface area (Å²) < 4.78 is 31.8. The highest BCUT2D eigenvalue weighted by molar-refractivity contribution is 6.00. The van der Waals surface area contributed by atoms with Gasteiger partial charge in [-0.1, -0.05) is 6.92 Å². The van der Waals surface area contributed by atoms with Crippen molar-refractivity contribution in [3.05, 3.63) is 65.2 Å². The van der Waals surface area contributed by atoms with Gasteiger partial charge in [0.1, 0.15) is 5.82 Å². The van der Waals surface area contributed by atoms with Crippen molar-refractivity contribution in [2.75, 3.05) is 19.8 Å². The van der Waals surface area contributed by atoms with Crippen molar-refractivity contribution in [3.8, 4) is 22.9 Å². The molecule has 0 aliphatic rings. The number of carbonyl (C=O) groups excluding carboxylic acids is 2. The van der Waals surface area contributed by atoms with E-state index in [4.69, 9.17) is 14.2 Å². The molecule has 186 valence electrons. The van der Waals surface area contributed by atoms with Crippen LogP contribution in [0.5, 0.6) is 17.2 Å². The normalized spacial score (nSPS) is 10.5. The van der Waals surface area contributed by atoms with E-state index in [1.54, 1.807) is 16.8 Å². The largest absolute Gasteiger partial charge is 0.490 e.